The van der Waals surface area contributed by atoms with Crippen LogP contribution in [0.4, 0.5) is 5.95 Å². The van der Waals surface area contributed by atoms with Gasteiger partial charge in [-0.2, -0.15) is 0 Å². The molecule has 24 heavy (non-hydrogen) atoms. The van der Waals surface area contributed by atoms with Crippen LogP contribution in [0.5, 0.6) is 0 Å². The van der Waals surface area contributed by atoms with Gasteiger partial charge in [0.05, 0.1) is 0 Å². The molecule has 3 fully saturated rings. The number of hydrogen-bond acceptors (Lipinski definition) is 6. The molecule has 1 amide bonds. The summed E-state index contributed by atoms with van der Waals surface area (Å²) < 4.78 is 0. The smallest absolute Gasteiger partial charge is 0.225 e. The number of amides is 1. The first kappa shape index (κ1) is 15.8. The lowest BCUT2D eigenvalue weighted by atomic mass is 9.82. The van der Waals surface area contributed by atoms with Crippen molar-refractivity contribution in [2.24, 2.45) is 11.8 Å². The van der Waals surface area contributed by atoms with E-state index in [1.165, 1.54) is 6.42 Å². The first-order chi connectivity index (χ1) is 11.8. The van der Waals surface area contributed by atoms with Crippen molar-refractivity contribution in [2.75, 3.05) is 24.5 Å². The molecule has 3 atom stereocenters. The largest absolute Gasteiger partial charge is 0.353 e. The number of nitrogens with one attached hydrogen (secondary N) is 3. The van der Waals surface area contributed by atoms with Gasteiger partial charge in [0.25, 0.3) is 0 Å². The fraction of sp³-hybridized carbons (Fsp3) is 0.706. The molecule has 1 aromatic rings. The van der Waals surface area contributed by atoms with E-state index in [0.717, 1.165) is 57.2 Å². The van der Waals surface area contributed by atoms with Gasteiger partial charge in [-0.05, 0) is 44.1 Å². The van der Waals surface area contributed by atoms with Gasteiger partial charge in [0.2, 0.25) is 11.9 Å². The molecule has 130 valence electrons. The minimum absolute atomic E-state index is 0.123. The molecule has 1 aliphatic carbocycles. The summed E-state index contributed by atoms with van der Waals surface area (Å²) in [5.74, 6) is 1.86. The molecule has 7 nitrogen and oxygen atoms in total. The number of fused-ring (bicyclic) bond motifs is 1. The number of piperidine rings is 1. The van der Waals surface area contributed by atoms with Crippen LogP contribution in [-0.2, 0) is 4.79 Å². The summed E-state index contributed by atoms with van der Waals surface area (Å²) in [7, 11) is 0. The maximum Gasteiger partial charge on any atom is 0.225 e. The van der Waals surface area contributed by atoms with Crippen LogP contribution < -0.4 is 21.1 Å². The minimum Gasteiger partial charge on any atom is -0.353 e. The van der Waals surface area contributed by atoms with Crippen LogP contribution in [0.2, 0.25) is 0 Å². The van der Waals surface area contributed by atoms with Gasteiger partial charge in [0.15, 0.2) is 0 Å². The zero-order valence-electron chi connectivity index (χ0n) is 13.9. The van der Waals surface area contributed by atoms with Gasteiger partial charge in [-0.25, -0.2) is 9.97 Å². The number of carbonyl (C=O) groups excluding carboxylic acids is 1. The Bertz CT molecular complexity index is 559. The van der Waals surface area contributed by atoms with E-state index < -0.39 is 0 Å². The zero-order chi connectivity index (χ0) is 16.4. The van der Waals surface area contributed by atoms with Gasteiger partial charge in [0.1, 0.15) is 0 Å². The Morgan fingerprint density at radius 1 is 1.17 bits per heavy atom. The summed E-state index contributed by atoms with van der Waals surface area (Å²) in [4.78, 5) is 23.4. The highest BCUT2D eigenvalue weighted by molar-refractivity contribution is 5.79. The maximum atomic E-state index is 12.6. The molecule has 0 bridgehead atoms. The van der Waals surface area contributed by atoms with Gasteiger partial charge in [-0.1, -0.05) is 0 Å². The highest BCUT2D eigenvalue weighted by atomic mass is 16.2. The van der Waals surface area contributed by atoms with Crippen LogP contribution in [0.1, 0.15) is 32.1 Å². The summed E-state index contributed by atoms with van der Waals surface area (Å²) in [6.07, 6.45) is 8.63. The van der Waals surface area contributed by atoms with Crippen molar-refractivity contribution in [3.8, 4) is 0 Å². The Morgan fingerprint density at radius 3 is 2.75 bits per heavy atom. The van der Waals surface area contributed by atoms with Crippen LogP contribution in [0.15, 0.2) is 18.5 Å². The fourth-order valence-corrected chi connectivity index (χ4v) is 4.22. The Kier molecular flexibility index (Phi) is 4.62. The summed E-state index contributed by atoms with van der Waals surface area (Å²) in [5.41, 5.74) is 6.59. The van der Waals surface area contributed by atoms with E-state index >= 15 is 0 Å². The lowest BCUT2D eigenvalue weighted by molar-refractivity contribution is -0.126. The van der Waals surface area contributed by atoms with Crippen LogP contribution >= 0.6 is 0 Å². The quantitative estimate of drug-likeness (QED) is 0.747. The molecule has 2 saturated heterocycles. The van der Waals surface area contributed by atoms with Crippen molar-refractivity contribution in [1.29, 1.82) is 0 Å². The third kappa shape index (κ3) is 3.37. The molecule has 0 aromatic carbocycles. The number of hydrogen-bond donors (Lipinski definition) is 3. The summed E-state index contributed by atoms with van der Waals surface area (Å²) >= 11 is 0. The summed E-state index contributed by atoms with van der Waals surface area (Å²) in [6.45, 7) is 2.76. The van der Waals surface area contributed by atoms with E-state index in [1.54, 1.807) is 12.4 Å². The van der Waals surface area contributed by atoms with Crippen LogP contribution in [-0.4, -0.2) is 47.6 Å². The number of hydrazine groups is 1. The average molecular weight is 330 g/mol. The first-order valence-electron chi connectivity index (χ1n) is 9.10. The van der Waals surface area contributed by atoms with Crippen molar-refractivity contribution in [2.45, 2.75) is 44.2 Å². The number of rotatable bonds is 3. The van der Waals surface area contributed by atoms with E-state index in [0.29, 0.717) is 12.1 Å². The Balaban J connectivity index is 1.26. The molecule has 4 rings (SSSR count). The first-order valence-corrected chi connectivity index (χ1v) is 9.10. The SMILES string of the molecule is O=C(NC1CCC2CNNC2C1)C1CCN(c2ncccn2)CC1. The molecule has 1 aromatic heterocycles. The second-order valence-corrected chi connectivity index (χ2v) is 7.22. The van der Waals surface area contributed by atoms with Gasteiger partial charge in [0, 0.05) is 50.0 Å². The molecule has 1 saturated carbocycles. The van der Waals surface area contributed by atoms with Crippen LogP contribution in [0.3, 0.4) is 0 Å². The number of aromatic nitrogens is 2. The highest BCUT2D eigenvalue weighted by Gasteiger charge is 2.35. The molecule has 3 unspecified atom stereocenters. The number of nitrogens with zero attached hydrogens (tertiary/aromatic N) is 3. The van der Waals surface area contributed by atoms with E-state index in [9.17, 15) is 4.79 Å². The van der Waals surface area contributed by atoms with Crippen molar-refractivity contribution in [3.63, 3.8) is 0 Å². The van der Waals surface area contributed by atoms with Gasteiger partial charge >= 0.3 is 0 Å². The predicted octanol–water partition coefficient (Wildman–Crippen LogP) is 0.454. The molecule has 2 aliphatic heterocycles. The lowest BCUT2D eigenvalue weighted by Crippen LogP contribution is -2.48. The average Bonchev–Trinajstić information content (AvgIpc) is 3.10. The molecule has 3 heterocycles. The van der Waals surface area contributed by atoms with Gasteiger partial charge in [-0.3, -0.25) is 15.6 Å². The second-order valence-electron chi connectivity index (χ2n) is 7.22. The molecule has 3 N–H and O–H groups in total. The van der Waals surface area contributed by atoms with Crippen molar-refractivity contribution < 1.29 is 4.79 Å². The van der Waals surface area contributed by atoms with Crippen LogP contribution in [0.25, 0.3) is 0 Å². The summed E-state index contributed by atoms with van der Waals surface area (Å²) in [5, 5.41) is 3.30. The van der Waals surface area contributed by atoms with Crippen molar-refractivity contribution in [1.82, 2.24) is 26.1 Å². The maximum absolute atomic E-state index is 12.6. The van der Waals surface area contributed by atoms with E-state index in [1.807, 2.05) is 6.07 Å². The number of carbonyl (C=O) groups is 1. The Hall–Kier alpha value is -1.73. The molecule has 0 radical (unpaired) electrons. The van der Waals surface area contributed by atoms with E-state index in [-0.39, 0.29) is 11.8 Å². The van der Waals surface area contributed by atoms with Gasteiger partial charge < -0.3 is 10.2 Å². The molecule has 3 aliphatic rings. The normalized spacial score (nSPS) is 30.8. The minimum atomic E-state index is 0.123. The molecular formula is C17H26N6O. The van der Waals surface area contributed by atoms with Crippen molar-refractivity contribution in [3.05, 3.63) is 18.5 Å². The third-order valence-corrected chi connectivity index (χ3v) is 5.69. The Morgan fingerprint density at radius 2 is 1.96 bits per heavy atom. The lowest BCUT2D eigenvalue weighted by Gasteiger charge is -2.34. The third-order valence-electron chi connectivity index (χ3n) is 5.69. The highest BCUT2D eigenvalue weighted by Crippen LogP contribution is 2.27. The second kappa shape index (κ2) is 7.03. The van der Waals surface area contributed by atoms with Crippen LogP contribution in [0, 0.1) is 11.8 Å². The zero-order valence-corrected chi connectivity index (χ0v) is 13.9. The Labute approximate surface area is 142 Å². The standard InChI is InChI=1S/C17H26N6O/c24-16(21-14-3-2-13-11-20-22-15(13)10-14)12-4-8-23(9-5-12)17-18-6-1-7-19-17/h1,6-7,12-15,20,22H,2-5,8-11H2,(H,21,24). The summed E-state index contributed by atoms with van der Waals surface area (Å²) in [6, 6.07) is 2.66. The molecule has 7 heteroatoms. The predicted molar refractivity (Wildman–Crippen MR) is 91.2 cm³/mol. The fourth-order valence-electron chi connectivity index (χ4n) is 4.22. The van der Waals surface area contributed by atoms with Crippen molar-refractivity contribution >= 4 is 11.9 Å². The monoisotopic (exact) mass is 330 g/mol. The molecule has 0 spiro atoms. The topological polar surface area (TPSA) is 82.2 Å². The van der Waals surface area contributed by atoms with E-state index in [4.69, 9.17) is 0 Å². The van der Waals surface area contributed by atoms with Gasteiger partial charge in [-0.15, -0.1) is 0 Å². The molecular weight excluding hydrogens is 304 g/mol. The number of anilines is 1. The van der Waals surface area contributed by atoms with E-state index in [2.05, 4.69) is 31.0 Å².